The van der Waals surface area contributed by atoms with E-state index in [1.807, 2.05) is 41.6 Å². The zero-order valence-electron chi connectivity index (χ0n) is 10.1. The van der Waals surface area contributed by atoms with Gasteiger partial charge in [0.25, 0.3) is 5.91 Å². The zero-order chi connectivity index (χ0) is 14.0. The van der Waals surface area contributed by atoms with Gasteiger partial charge in [-0.25, -0.2) is 4.39 Å². The normalized spacial score (nSPS) is 10.3. The molecule has 0 unspecified atom stereocenters. The number of aryl methyl sites for hydroxylation is 1. The predicted octanol–water partition coefficient (Wildman–Crippen LogP) is 4.28. The molecule has 1 amide bonds. The minimum atomic E-state index is -0.323. The Balaban J connectivity index is 2.28. The van der Waals surface area contributed by atoms with E-state index in [-0.39, 0.29) is 11.7 Å². The van der Waals surface area contributed by atoms with Crippen LogP contribution in [0.5, 0.6) is 0 Å². The van der Waals surface area contributed by atoms with Crippen LogP contribution in [-0.2, 0) is 0 Å². The average molecular weight is 387 g/mol. The van der Waals surface area contributed by atoms with Crippen molar-refractivity contribution in [1.82, 2.24) is 0 Å². The second-order valence-electron chi connectivity index (χ2n) is 4.08. The third-order valence-corrected chi connectivity index (χ3v) is 3.82. The van der Waals surface area contributed by atoms with Gasteiger partial charge in [-0.2, -0.15) is 0 Å². The molecule has 0 atom stereocenters. The van der Waals surface area contributed by atoms with E-state index in [0.29, 0.717) is 14.8 Å². The van der Waals surface area contributed by atoms with Gasteiger partial charge in [-0.1, -0.05) is 6.07 Å². The van der Waals surface area contributed by atoms with Gasteiger partial charge in [-0.05, 0) is 65.4 Å². The molecule has 0 aliphatic heterocycles. The first kappa shape index (κ1) is 14.3. The van der Waals surface area contributed by atoms with Gasteiger partial charge in [-0.3, -0.25) is 4.79 Å². The maximum absolute atomic E-state index is 13.0. The lowest BCUT2D eigenvalue weighted by Gasteiger charge is -2.10. The fourth-order valence-electron chi connectivity index (χ4n) is 1.64. The van der Waals surface area contributed by atoms with Crippen LogP contribution in [0.15, 0.2) is 41.3 Å². The third-order valence-electron chi connectivity index (χ3n) is 2.65. The molecule has 0 fully saturated rings. The minimum Gasteiger partial charge on any atom is -0.321 e. The number of thiol groups is 1. The van der Waals surface area contributed by atoms with E-state index in [0.717, 1.165) is 10.5 Å². The van der Waals surface area contributed by atoms with Crippen molar-refractivity contribution < 1.29 is 9.18 Å². The molecule has 0 saturated carbocycles. The molecule has 2 rings (SSSR count). The first-order chi connectivity index (χ1) is 8.97. The number of hydrogen-bond donors (Lipinski definition) is 2. The molecule has 2 aromatic rings. The maximum Gasteiger partial charge on any atom is 0.255 e. The molecule has 2 nitrogen and oxygen atoms in total. The Morgan fingerprint density at radius 3 is 2.68 bits per heavy atom. The number of hydrogen-bond acceptors (Lipinski definition) is 2. The van der Waals surface area contributed by atoms with Crippen molar-refractivity contribution >= 4 is 46.8 Å². The first-order valence-corrected chi connectivity index (χ1v) is 7.06. The van der Waals surface area contributed by atoms with Crippen molar-refractivity contribution in [3.8, 4) is 0 Å². The van der Waals surface area contributed by atoms with Crippen molar-refractivity contribution in [2.45, 2.75) is 11.8 Å². The van der Waals surface area contributed by atoms with E-state index < -0.39 is 0 Å². The third kappa shape index (κ3) is 3.48. The van der Waals surface area contributed by atoms with Crippen molar-refractivity contribution in [2.24, 2.45) is 0 Å². The zero-order valence-corrected chi connectivity index (χ0v) is 13.1. The van der Waals surface area contributed by atoms with Crippen LogP contribution in [0.3, 0.4) is 0 Å². The SMILES string of the molecule is Cc1ccc(S)cc1C(=O)Nc1ccc(F)cc1I. The van der Waals surface area contributed by atoms with Crippen LogP contribution in [0.4, 0.5) is 10.1 Å². The van der Waals surface area contributed by atoms with E-state index in [2.05, 4.69) is 17.9 Å². The Bertz CT molecular complexity index is 645. The Hall–Kier alpha value is -1.08. The highest BCUT2D eigenvalue weighted by atomic mass is 127. The average Bonchev–Trinajstić information content (AvgIpc) is 2.35. The highest BCUT2D eigenvalue weighted by Gasteiger charge is 2.11. The van der Waals surface area contributed by atoms with E-state index in [9.17, 15) is 9.18 Å². The maximum atomic E-state index is 13.0. The van der Waals surface area contributed by atoms with Crippen LogP contribution < -0.4 is 5.32 Å². The molecule has 19 heavy (non-hydrogen) atoms. The number of rotatable bonds is 2. The van der Waals surface area contributed by atoms with Crippen molar-refractivity contribution in [3.05, 3.63) is 56.9 Å². The number of benzene rings is 2. The number of carbonyl (C=O) groups excluding carboxylic acids is 1. The minimum absolute atomic E-state index is 0.224. The predicted molar refractivity (Wildman–Crippen MR) is 85.5 cm³/mol. The summed E-state index contributed by atoms with van der Waals surface area (Å²) in [7, 11) is 0. The standard InChI is InChI=1S/C14H11FINOS/c1-8-2-4-10(19)7-11(8)14(18)17-13-5-3-9(15)6-12(13)16/h2-7,19H,1H3,(H,17,18). The van der Waals surface area contributed by atoms with Crippen molar-refractivity contribution in [2.75, 3.05) is 5.32 Å². The molecule has 1 N–H and O–H groups in total. The Kier molecular flexibility index (Phi) is 4.46. The molecule has 98 valence electrons. The summed E-state index contributed by atoms with van der Waals surface area (Å²) in [6.45, 7) is 1.86. The van der Waals surface area contributed by atoms with Crippen LogP contribution >= 0.6 is 35.2 Å². The van der Waals surface area contributed by atoms with E-state index in [1.165, 1.54) is 12.1 Å². The molecule has 0 spiro atoms. The lowest BCUT2D eigenvalue weighted by Crippen LogP contribution is -2.14. The van der Waals surface area contributed by atoms with Crippen LogP contribution in [0.2, 0.25) is 0 Å². The summed E-state index contributed by atoms with van der Waals surface area (Å²) in [5.74, 6) is -0.547. The fourth-order valence-corrected chi connectivity index (χ4v) is 2.45. The number of anilines is 1. The molecule has 0 bridgehead atoms. The highest BCUT2D eigenvalue weighted by Crippen LogP contribution is 2.21. The van der Waals surface area contributed by atoms with Crippen molar-refractivity contribution in [3.63, 3.8) is 0 Å². The van der Waals surface area contributed by atoms with E-state index >= 15 is 0 Å². The largest absolute Gasteiger partial charge is 0.321 e. The fraction of sp³-hybridized carbons (Fsp3) is 0.0714. The molecule has 0 aliphatic rings. The molecule has 0 aromatic heterocycles. The van der Waals surface area contributed by atoms with Gasteiger partial charge in [0.2, 0.25) is 0 Å². The van der Waals surface area contributed by atoms with E-state index in [4.69, 9.17) is 0 Å². The summed E-state index contributed by atoms with van der Waals surface area (Å²) in [5, 5.41) is 2.77. The number of amides is 1. The van der Waals surface area contributed by atoms with Crippen LogP contribution in [-0.4, -0.2) is 5.91 Å². The Morgan fingerprint density at radius 2 is 2.00 bits per heavy atom. The summed E-state index contributed by atoms with van der Waals surface area (Å²) in [4.78, 5) is 12.9. The smallest absolute Gasteiger partial charge is 0.255 e. The Labute approximate surface area is 130 Å². The number of nitrogens with one attached hydrogen (secondary N) is 1. The second-order valence-corrected chi connectivity index (χ2v) is 5.76. The molecular formula is C14H11FINOS. The molecule has 2 aromatic carbocycles. The monoisotopic (exact) mass is 387 g/mol. The van der Waals surface area contributed by atoms with Crippen LogP contribution in [0, 0.1) is 16.3 Å². The van der Waals surface area contributed by atoms with E-state index in [1.54, 1.807) is 12.1 Å². The molecule has 0 aliphatic carbocycles. The quantitative estimate of drug-likeness (QED) is 0.585. The summed E-state index contributed by atoms with van der Waals surface area (Å²) in [5.41, 5.74) is 2.02. The second kappa shape index (κ2) is 5.92. The van der Waals surface area contributed by atoms with Gasteiger partial charge in [-0.15, -0.1) is 12.6 Å². The summed E-state index contributed by atoms with van der Waals surface area (Å²) >= 11 is 6.21. The molecule has 0 heterocycles. The summed E-state index contributed by atoms with van der Waals surface area (Å²) in [6, 6.07) is 9.63. The lowest BCUT2D eigenvalue weighted by molar-refractivity contribution is 0.102. The van der Waals surface area contributed by atoms with Crippen LogP contribution in [0.25, 0.3) is 0 Å². The van der Waals surface area contributed by atoms with Crippen molar-refractivity contribution in [1.29, 1.82) is 0 Å². The van der Waals surface area contributed by atoms with Gasteiger partial charge in [0.05, 0.1) is 5.69 Å². The molecule has 0 radical (unpaired) electrons. The van der Waals surface area contributed by atoms with Gasteiger partial charge in [0.15, 0.2) is 0 Å². The van der Waals surface area contributed by atoms with Gasteiger partial charge >= 0.3 is 0 Å². The highest BCUT2D eigenvalue weighted by molar-refractivity contribution is 14.1. The molecule has 0 saturated heterocycles. The lowest BCUT2D eigenvalue weighted by atomic mass is 10.1. The number of carbonyl (C=O) groups is 1. The topological polar surface area (TPSA) is 29.1 Å². The van der Waals surface area contributed by atoms with Gasteiger partial charge < -0.3 is 5.32 Å². The Morgan fingerprint density at radius 1 is 1.26 bits per heavy atom. The molecular weight excluding hydrogens is 376 g/mol. The van der Waals surface area contributed by atoms with Gasteiger partial charge in [0.1, 0.15) is 5.82 Å². The van der Waals surface area contributed by atoms with Crippen LogP contribution in [0.1, 0.15) is 15.9 Å². The summed E-state index contributed by atoms with van der Waals surface area (Å²) < 4.78 is 13.7. The van der Waals surface area contributed by atoms with Gasteiger partial charge in [0, 0.05) is 14.0 Å². The first-order valence-electron chi connectivity index (χ1n) is 5.53. The summed E-state index contributed by atoms with van der Waals surface area (Å²) in [6.07, 6.45) is 0. The number of halogens is 2. The molecule has 5 heteroatoms.